The Labute approximate surface area is 129 Å². The van der Waals surface area contributed by atoms with Crippen molar-refractivity contribution < 1.29 is 5.11 Å². The molecular formula is C19H29NO. The number of aliphatic hydroxyl groups excluding tert-OH is 1. The van der Waals surface area contributed by atoms with Crippen LogP contribution in [0.3, 0.4) is 0 Å². The summed E-state index contributed by atoms with van der Waals surface area (Å²) in [6, 6.07) is 8.88. The van der Waals surface area contributed by atoms with Crippen LogP contribution < -0.4 is 0 Å². The van der Waals surface area contributed by atoms with Crippen molar-refractivity contribution in [2.75, 3.05) is 19.7 Å². The van der Waals surface area contributed by atoms with Crippen molar-refractivity contribution in [3.8, 4) is 0 Å². The number of nitrogens with zero attached hydrogens (tertiary/aromatic N) is 1. The first-order valence-electron chi connectivity index (χ1n) is 8.61. The Kier molecular flexibility index (Phi) is 4.66. The first-order chi connectivity index (χ1) is 10.2. The predicted octanol–water partition coefficient (Wildman–Crippen LogP) is 3.62. The molecule has 0 amide bonds. The summed E-state index contributed by atoms with van der Waals surface area (Å²) in [5, 5.41) is 10.0. The fourth-order valence-electron chi connectivity index (χ4n) is 4.48. The molecule has 1 N–H and O–H groups in total. The van der Waals surface area contributed by atoms with E-state index in [1.807, 2.05) is 0 Å². The Hall–Kier alpha value is -0.860. The van der Waals surface area contributed by atoms with Crippen molar-refractivity contribution in [1.29, 1.82) is 0 Å². The molecule has 0 aromatic heterocycles. The molecular weight excluding hydrogens is 258 g/mol. The second-order valence-electron chi connectivity index (χ2n) is 7.44. The van der Waals surface area contributed by atoms with Crippen molar-refractivity contribution in [3.05, 3.63) is 35.4 Å². The number of rotatable bonds is 3. The zero-order valence-corrected chi connectivity index (χ0v) is 13.4. The van der Waals surface area contributed by atoms with Gasteiger partial charge >= 0.3 is 0 Å². The van der Waals surface area contributed by atoms with Gasteiger partial charge in [-0.3, -0.25) is 4.90 Å². The first kappa shape index (κ1) is 15.1. The molecule has 1 aromatic rings. The summed E-state index contributed by atoms with van der Waals surface area (Å²) in [6.07, 6.45) is 7.47. The van der Waals surface area contributed by atoms with Gasteiger partial charge < -0.3 is 5.11 Å². The van der Waals surface area contributed by atoms with Crippen LogP contribution >= 0.6 is 0 Å². The molecule has 1 aliphatic carbocycles. The van der Waals surface area contributed by atoms with Crippen LogP contribution in [0.15, 0.2) is 24.3 Å². The zero-order chi connectivity index (χ0) is 14.7. The molecule has 2 aliphatic rings. The van der Waals surface area contributed by atoms with Crippen molar-refractivity contribution in [2.45, 2.75) is 52.0 Å². The van der Waals surface area contributed by atoms with Crippen molar-refractivity contribution in [3.63, 3.8) is 0 Å². The van der Waals surface area contributed by atoms with Crippen LogP contribution in [-0.4, -0.2) is 29.7 Å². The van der Waals surface area contributed by atoms with Crippen LogP contribution in [0.1, 0.15) is 50.2 Å². The Morgan fingerprint density at radius 2 is 2.05 bits per heavy atom. The fraction of sp³-hybridized carbons (Fsp3) is 0.684. The molecule has 0 spiro atoms. The molecule has 1 fully saturated rings. The number of hydrogen-bond acceptors (Lipinski definition) is 2. The maximum Gasteiger partial charge on any atom is 0.0499 e. The van der Waals surface area contributed by atoms with Gasteiger partial charge in [0.2, 0.25) is 0 Å². The third-order valence-electron chi connectivity index (χ3n) is 5.51. The van der Waals surface area contributed by atoms with Gasteiger partial charge in [0.05, 0.1) is 0 Å². The highest BCUT2D eigenvalue weighted by Gasteiger charge is 2.36. The van der Waals surface area contributed by atoms with Crippen LogP contribution in [0.25, 0.3) is 0 Å². The van der Waals surface area contributed by atoms with E-state index >= 15 is 0 Å². The van der Waals surface area contributed by atoms with Crippen molar-refractivity contribution in [2.24, 2.45) is 11.3 Å². The lowest BCUT2D eigenvalue weighted by molar-refractivity contribution is 0.0219. The minimum absolute atomic E-state index is 0.150. The molecule has 1 heterocycles. The average Bonchev–Trinajstić information content (AvgIpc) is 2.68. The van der Waals surface area contributed by atoms with Crippen molar-refractivity contribution >= 4 is 0 Å². The summed E-state index contributed by atoms with van der Waals surface area (Å²) < 4.78 is 0. The molecule has 21 heavy (non-hydrogen) atoms. The topological polar surface area (TPSA) is 23.5 Å². The quantitative estimate of drug-likeness (QED) is 0.918. The Morgan fingerprint density at radius 3 is 2.81 bits per heavy atom. The van der Waals surface area contributed by atoms with E-state index in [1.165, 1.54) is 56.2 Å². The third kappa shape index (κ3) is 3.49. The average molecular weight is 287 g/mol. The van der Waals surface area contributed by atoms with E-state index in [0.717, 1.165) is 19.0 Å². The summed E-state index contributed by atoms with van der Waals surface area (Å²) >= 11 is 0. The molecule has 3 rings (SSSR count). The Morgan fingerprint density at radius 1 is 1.24 bits per heavy atom. The number of aliphatic hydroxyl groups is 1. The normalized spacial score (nSPS) is 30.7. The Bertz CT molecular complexity index is 472. The van der Waals surface area contributed by atoms with Crippen LogP contribution in [-0.2, 0) is 13.0 Å². The van der Waals surface area contributed by atoms with Crippen LogP contribution in [0.2, 0.25) is 0 Å². The number of benzene rings is 1. The molecule has 0 saturated heterocycles. The van der Waals surface area contributed by atoms with E-state index in [4.69, 9.17) is 0 Å². The summed E-state index contributed by atoms with van der Waals surface area (Å²) in [5.41, 5.74) is 3.17. The number of hydrogen-bond donors (Lipinski definition) is 1. The largest absolute Gasteiger partial charge is 0.396 e. The molecule has 2 unspecified atom stereocenters. The van der Waals surface area contributed by atoms with Crippen LogP contribution in [0.4, 0.5) is 0 Å². The summed E-state index contributed by atoms with van der Waals surface area (Å²) in [5.74, 6) is 0.769. The maximum absolute atomic E-state index is 10.0. The number of fused-ring (bicyclic) bond motifs is 1. The molecule has 1 aliphatic heterocycles. The Balaban J connectivity index is 1.72. The zero-order valence-electron chi connectivity index (χ0n) is 13.4. The lowest BCUT2D eigenvalue weighted by Gasteiger charge is -2.42. The third-order valence-corrected chi connectivity index (χ3v) is 5.51. The van der Waals surface area contributed by atoms with Crippen LogP contribution in [0.5, 0.6) is 0 Å². The van der Waals surface area contributed by atoms with Gasteiger partial charge in [-0.25, -0.2) is 0 Å². The highest BCUT2D eigenvalue weighted by Crippen LogP contribution is 2.40. The van der Waals surface area contributed by atoms with Gasteiger partial charge in [0.1, 0.15) is 0 Å². The first-order valence-corrected chi connectivity index (χ1v) is 8.61. The van der Waals surface area contributed by atoms with Gasteiger partial charge in [-0.15, -0.1) is 0 Å². The van der Waals surface area contributed by atoms with E-state index in [9.17, 15) is 5.11 Å². The molecule has 1 aromatic carbocycles. The van der Waals surface area contributed by atoms with Gasteiger partial charge in [0, 0.05) is 25.1 Å². The summed E-state index contributed by atoms with van der Waals surface area (Å²) in [6.45, 7) is 6.01. The summed E-state index contributed by atoms with van der Waals surface area (Å²) in [7, 11) is 0. The van der Waals surface area contributed by atoms with E-state index in [2.05, 4.69) is 36.1 Å². The van der Waals surface area contributed by atoms with Crippen molar-refractivity contribution in [1.82, 2.24) is 4.90 Å². The van der Waals surface area contributed by atoms with Gasteiger partial charge in [-0.1, -0.05) is 44.0 Å². The van der Waals surface area contributed by atoms with E-state index in [1.54, 1.807) is 0 Å². The second kappa shape index (κ2) is 6.50. The molecule has 2 nitrogen and oxygen atoms in total. The maximum atomic E-state index is 10.0. The highest BCUT2D eigenvalue weighted by atomic mass is 16.3. The van der Waals surface area contributed by atoms with Gasteiger partial charge in [-0.05, 0) is 49.3 Å². The standard InChI is InChI=1S/C19H29NO/c1-16-6-4-10-19(12-16,15-21)14-20-11-5-9-17-7-2-3-8-18(17)13-20/h2-3,7-8,16,21H,4-6,9-15H2,1H3. The highest BCUT2D eigenvalue weighted by molar-refractivity contribution is 5.28. The SMILES string of the molecule is CC1CCCC(CO)(CN2CCCc3ccccc3C2)C1. The van der Waals surface area contributed by atoms with E-state index < -0.39 is 0 Å². The van der Waals surface area contributed by atoms with Gasteiger partial charge in [-0.2, -0.15) is 0 Å². The molecule has 1 saturated carbocycles. The minimum atomic E-state index is 0.150. The lowest BCUT2D eigenvalue weighted by atomic mass is 9.70. The molecule has 2 atom stereocenters. The molecule has 2 heteroatoms. The smallest absolute Gasteiger partial charge is 0.0499 e. The van der Waals surface area contributed by atoms with E-state index in [-0.39, 0.29) is 5.41 Å². The minimum Gasteiger partial charge on any atom is -0.396 e. The fourth-order valence-corrected chi connectivity index (χ4v) is 4.48. The second-order valence-corrected chi connectivity index (χ2v) is 7.44. The predicted molar refractivity (Wildman–Crippen MR) is 87.2 cm³/mol. The monoisotopic (exact) mass is 287 g/mol. The molecule has 116 valence electrons. The van der Waals surface area contributed by atoms with Gasteiger partial charge in [0.15, 0.2) is 0 Å². The lowest BCUT2D eigenvalue weighted by Crippen LogP contribution is -2.43. The molecule has 0 bridgehead atoms. The molecule has 0 radical (unpaired) electrons. The van der Waals surface area contributed by atoms with Gasteiger partial charge in [0.25, 0.3) is 0 Å². The van der Waals surface area contributed by atoms with Crippen LogP contribution in [0, 0.1) is 11.3 Å². The van der Waals surface area contributed by atoms with E-state index in [0.29, 0.717) is 6.61 Å². The number of aryl methyl sites for hydroxylation is 1. The summed E-state index contributed by atoms with van der Waals surface area (Å²) in [4.78, 5) is 2.60.